The van der Waals surface area contributed by atoms with Crippen LogP contribution in [0.25, 0.3) is 6.08 Å². The maximum atomic E-state index is 13.8. The van der Waals surface area contributed by atoms with E-state index in [2.05, 4.69) is 11.9 Å². The summed E-state index contributed by atoms with van der Waals surface area (Å²) in [5.74, 6) is 0.0877. The van der Waals surface area contributed by atoms with E-state index in [1.165, 1.54) is 23.8 Å². The molecule has 210 valence electrons. The maximum Gasteiger partial charge on any atom is 0.338 e. The van der Waals surface area contributed by atoms with Crippen LogP contribution in [-0.4, -0.2) is 42.4 Å². The second-order valence-electron chi connectivity index (χ2n) is 9.15. The number of carbonyl (C=O) groups is 1. The molecular weight excluding hydrogens is 534 g/mol. The van der Waals surface area contributed by atoms with Gasteiger partial charge in [-0.2, -0.15) is 0 Å². The van der Waals surface area contributed by atoms with E-state index in [0.29, 0.717) is 34.0 Å². The number of aromatic nitrogens is 1. The zero-order valence-electron chi connectivity index (χ0n) is 22.6. The van der Waals surface area contributed by atoms with Crippen LogP contribution in [-0.2, 0) is 14.3 Å². The molecule has 3 aromatic rings. The lowest BCUT2D eigenvalue weighted by Gasteiger charge is -2.25. The minimum Gasteiger partial charge on any atom is -0.494 e. The van der Waals surface area contributed by atoms with Crippen LogP contribution in [0.5, 0.6) is 5.75 Å². The van der Waals surface area contributed by atoms with Crippen molar-refractivity contribution in [1.82, 2.24) is 4.57 Å². The molecule has 2 aromatic carbocycles. The van der Waals surface area contributed by atoms with E-state index in [4.69, 9.17) is 14.2 Å². The van der Waals surface area contributed by atoms with E-state index in [1.807, 2.05) is 24.3 Å². The Hall–Kier alpha value is -4.09. The number of nitrogens with zero attached hydrogens (tertiary/aromatic N) is 3. The van der Waals surface area contributed by atoms with E-state index in [0.717, 1.165) is 30.6 Å². The molecule has 1 atom stereocenters. The number of nitro benzene ring substituents is 1. The van der Waals surface area contributed by atoms with Gasteiger partial charge in [0.05, 0.1) is 45.5 Å². The van der Waals surface area contributed by atoms with E-state index in [1.54, 1.807) is 25.1 Å². The van der Waals surface area contributed by atoms with Crippen molar-refractivity contribution in [1.29, 1.82) is 0 Å². The Bertz CT molecular complexity index is 1590. The third kappa shape index (κ3) is 6.37. The van der Waals surface area contributed by atoms with Gasteiger partial charge in [-0.05, 0) is 43.2 Å². The van der Waals surface area contributed by atoms with E-state index >= 15 is 0 Å². The van der Waals surface area contributed by atoms with Crippen molar-refractivity contribution in [2.75, 3.05) is 26.9 Å². The van der Waals surface area contributed by atoms with Crippen LogP contribution in [0.3, 0.4) is 0 Å². The minimum absolute atomic E-state index is 0.0471. The minimum atomic E-state index is -0.812. The van der Waals surface area contributed by atoms with E-state index in [9.17, 15) is 19.7 Å². The first-order valence-corrected chi connectivity index (χ1v) is 13.8. The number of fused-ring (bicyclic) bond motifs is 1. The molecule has 0 amide bonds. The van der Waals surface area contributed by atoms with Crippen LogP contribution in [0.1, 0.15) is 50.3 Å². The van der Waals surface area contributed by atoms with Gasteiger partial charge in [0.2, 0.25) is 0 Å². The molecule has 0 saturated heterocycles. The van der Waals surface area contributed by atoms with Crippen molar-refractivity contribution in [3.63, 3.8) is 0 Å². The molecule has 0 bridgehead atoms. The monoisotopic (exact) mass is 565 g/mol. The van der Waals surface area contributed by atoms with Crippen molar-refractivity contribution < 1.29 is 23.9 Å². The molecule has 0 saturated carbocycles. The van der Waals surface area contributed by atoms with Gasteiger partial charge in [-0.3, -0.25) is 19.5 Å². The fourth-order valence-corrected chi connectivity index (χ4v) is 5.44. The number of para-hydroxylation sites is 1. The van der Waals surface area contributed by atoms with Gasteiger partial charge in [-0.1, -0.05) is 55.4 Å². The molecule has 1 aliphatic heterocycles. The summed E-state index contributed by atoms with van der Waals surface area (Å²) in [7, 11) is 1.51. The van der Waals surface area contributed by atoms with Crippen LogP contribution >= 0.6 is 11.3 Å². The van der Waals surface area contributed by atoms with Crippen molar-refractivity contribution in [3.05, 3.63) is 101 Å². The van der Waals surface area contributed by atoms with Crippen LogP contribution in [0, 0.1) is 10.1 Å². The summed E-state index contributed by atoms with van der Waals surface area (Å²) >= 11 is 1.11. The number of benzene rings is 2. The molecule has 0 aliphatic carbocycles. The first-order chi connectivity index (χ1) is 19.3. The van der Waals surface area contributed by atoms with Crippen molar-refractivity contribution in [2.45, 2.75) is 39.2 Å². The fourth-order valence-electron chi connectivity index (χ4n) is 4.40. The average Bonchev–Trinajstić information content (AvgIpc) is 3.25. The third-order valence-electron chi connectivity index (χ3n) is 6.39. The van der Waals surface area contributed by atoms with Crippen LogP contribution in [0.4, 0.5) is 5.69 Å². The number of ether oxygens (including phenoxy) is 3. The van der Waals surface area contributed by atoms with Gasteiger partial charge >= 0.3 is 5.97 Å². The molecule has 40 heavy (non-hydrogen) atoms. The lowest BCUT2D eigenvalue weighted by atomic mass is 9.96. The number of nitro groups is 1. The Morgan fingerprint density at radius 3 is 2.58 bits per heavy atom. The zero-order valence-corrected chi connectivity index (χ0v) is 23.4. The molecule has 10 nitrogen and oxygen atoms in total. The van der Waals surface area contributed by atoms with Crippen LogP contribution in [0.15, 0.2) is 69.6 Å². The molecule has 0 spiro atoms. The van der Waals surface area contributed by atoms with Gasteiger partial charge in [0.25, 0.3) is 11.2 Å². The molecule has 1 aromatic heterocycles. The second-order valence-corrected chi connectivity index (χ2v) is 10.2. The quantitative estimate of drug-likeness (QED) is 0.141. The Labute approximate surface area is 235 Å². The molecule has 1 unspecified atom stereocenters. The molecule has 2 heterocycles. The predicted molar refractivity (Wildman–Crippen MR) is 151 cm³/mol. The third-order valence-corrected chi connectivity index (χ3v) is 7.38. The smallest absolute Gasteiger partial charge is 0.338 e. The molecule has 11 heteroatoms. The SMILES string of the molecule is CCCCCOc1ccc(C2C(C(=O)OCCOC)=C(C)N=c3s/c(=C\c4ccccc4[N+](=O)[O-])c(=O)n32)cc1. The van der Waals surface area contributed by atoms with Gasteiger partial charge in [-0.15, -0.1) is 0 Å². The summed E-state index contributed by atoms with van der Waals surface area (Å²) < 4.78 is 18.0. The standard InChI is InChI=1S/C29H31N3O7S/c1-4-5-8-15-38-22-13-11-20(12-14-22)26-25(28(34)39-17-16-37-3)19(2)30-29-31(26)27(33)24(40-29)18-21-9-6-7-10-23(21)32(35)36/h6-7,9-14,18,26H,4-5,8,15-17H2,1-3H3/b24-18-. The first kappa shape index (κ1) is 28.9. The summed E-state index contributed by atoms with van der Waals surface area (Å²) in [6, 6.07) is 12.7. The van der Waals surface area contributed by atoms with Crippen molar-refractivity contribution in [2.24, 2.45) is 4.99 Å². The van der Waals surface area contributed by atoms with Crippen LogP contribution in [0.2, 0.25) is 0 Å². The summed E-state index contributed by atoms with van der Waals surface area (Å²) in [5.41, 5.74) is 1.10. The second kappa shape index (κ2) is 13.3. The van der Waals surface area contributed by atoms with Gasteiger partial charge < -0.3 is 14.2 Å². The van der Waals surface area contributed by atoms with Gasteiger partial charge in [0, 0.05) is 13.2 Å². The highest BCUT2D eigenvalue weighted by atomic mass is 32.1. The van der Waals surface area contributed by atoms with E-state index in [-0.39, 0.29) is 29.0 Å². The Morgan fingerprint density at radius 2 is 1.88 bits per heavy atom. The average molecular weight is 566 g/mol. The Balaban J connectivity index is 1.80. The summed E-state index contributed by atoms with van der Waals surface area (Å²) in [6.45, 7) is 4.70. The van der Waals surface area contributed by atoms with Gasteiger partial charge in [0.15, 0.2) is 4.80 Å². The number of esters is 1. The fraction of sp³-hybridized carbons (Fsp3) is 0.345. The first-order valence-electron chi connectivity index (χ1n) is 13.0. The number of thiazole rings is 1. The van der Waals surface area contributed by atoms with Crippen molar-refractivity contribution >= 4 is 29.1 Å². The van der Waals surface area contributed by atoms with Crippen molar-refractivity contribution in [3.8, 4) is 5.75 Å². The molecule has 0 fully saturated rings. The zero-order chi connectivity index (χ0) is 28.6. The molecule has 0 radical (unpaired) electrons. The number of hydrogen-bond acceptors (Lipinski definition) is 9. The number of rotatable bonds is 12. The largest absolute Gasteiger partial charge is 0.494 e. The topological polar surface area (TPSA) is 122 Å². The lowest BCUT2D eigenvalue weighted by molar-refractivity contribution is -0.385. The highest BCUT2D eigenvalue weighted by molar-refractivity contribution is 7.07. The normalized spacial score (nSPS) is 15.0. The summed E-state index contributed by atoms with van der Waals surface area (Å²) in [6.07, 6.45) is 4.62. The summed E-state index contributed by atoms with van der Waals surface area (Å²) in [4.78, 5) is 43.0. The molecule has 0 N–H and O–H groups in total. The van der Waals surface area contributed by atoms with E-state index < -0.39 is 22.5 Å². The van der Waals surface area contributed by atoms with Crippen LogP contribution < -0.4 is 19.6 Å². The highest BCUT2D eigenvalue weighted by Gasteiger charge is 2.33. The molecule has 1 aliphatic rings. The Morgan fingerprint density at radius 1 is 1.12 bits per heavy atom. The van der Waals surface area contributed by atoms with Gasteiger partial charge in [-0.25, -0.2) is 9.79 Å². The molecule has 4 rings (SSSR count). The predicted octanol–water partition coefficient (Wildman–Crippen LogP) is 3.90. The van der Waals surface area contributed by atoms with Gasteiger partial charge in [0.1, 0.15) is 12.4 Å². The Kier molecular flexibility index (Phi) is 9.62. The number of carbonyl (C=O) groups excluding carboxylic acids is 1. The molecular formula is C29H31N3O7S. The number of allylic oxidation sites excluding steroid dienone is 1. The number of methoxy groups -OCH3 is 1. The lowest BCUT2D eigenvalue weighted by Crippen LogP contribution is -2.40. The summed E-state index contributed by atoms with van der Waals surface area (Å²) in [5, 5.41) is 11.5. The number of unbranched alkanes of at least 4 members (excludes halogenated alkanes) is 2. The number of hydrogen-bond donors (Lipinski definition) is 0. The highest BCUT2D eigenvalue weighted by Crippen LogP contribution is 2.31. The maximum absolute atomic E-state index is 13.8.